The first-order chi connectivity index (χ1) is 6.33. The van der Waals surface area contributed by atoms with E-state index in [4.69, 9.17) is 4.84 Å². The topological polar surface area (TPSA) is 21.3 Å². The lowest BCUT2D eigenvalue weighted by Crippen LogP contribution is -2.08. The van der Waals surface area contributed by atoms with Gasteiger partial charge in [-0.3, -0.25) is 0 Å². The smallest absolute Gasteiger partial charge is 0.123 e. The quantitative estimate of drug-likeness (QED) is 0.556. The number of rotatable bonds is 5. The van der Waals surface area contributed by atoms with E-state index in [9.17, 15) is 4.39 Å². The average molecular weight is 183 g/mol. The van der Waals surface area contributed by atoms with Gasteiger partial charge in [0.1, 0.15) is 5.82 Å². The van der Waals surface area contributed by atoms with E-state index >= 15 is 0 Å². The molecule has 0 unspecified atom stereocenters. The van der Waals surface area contributed by atoms with Gasteiger partial charge in [0.25, 0.3) is 0 Å². The maximum Gasteiger partial charge on any atom is 0.123 e. The Labute approximate surface area is 77.7 Å². The van der Waals surface area contributed by atoms with Crippen molar-refractivity contribution < 1.29 is 9.23 Å². The van der Waals surface area contributed by atoms with Gasteiger partial charge in [-0.05, 0) is 30.5 Å². The third kappa shape index (κ3) is 4.01. The summed E-state index contributed by atoms with van der Waals surface area (Å²) in [6, 6.07) is 6.65. The third-order valence-corrected chi connectivity index (χ3v) is 1.75. The number of hydrogen-bond donors (Lipinski definition) is 1. The van der Waals surface area contributed by atoms with Crippen LogP contribution < -0.4 is 5.48 Å². The van der Waals surface area contributed by atoms with Crippen LogP contribution in [0.3, 0.4) is 0 Å². The standard InChI is InChI=1S/C10H14FNO/c1-12-13-7-3-5-9-4-2-6-10(11)8-9/h2,4,6,8,12H,3,5,7H2,1H3. The molecule has 1 aromatic rings. The lowest BCUT2D eigenvalue weighted by Gasteiger charge is -2.01. The van der Waals surface area contributed by atoms with Gasteiger partial charge in [-0.15, -0.1) is 0 Å². The summed E-state index contributed by atoms with van der Waals surface area (Å²) in [4.78, 5) is 4.94. The summed E-state index contributed by atoms with van der Waals surface area (Å²) in [5.41, 5.74) is 3.60. The van der Waals surface area contributed by atoms with Gasteiger partial charge in [0.15, 0.2) is 0 Å². The molecule has 1 N–H and O–H groups in total. The Morgan fingerprint density at radius 1 is 1.46 bits per heavy atom. The van der Waals surface area contributed by atoms with Gasteiger partial charge in [-0.25, -0.2) is 9.87 Å². The highest BCUT2D eigenvalue weighted by Crippen LogP contribution is 2.05. The first kappa shape index (κ1) is 10.2. The normalized spacial score (nSPS) is 10.3. The molecule has 0 bridgehead atoms. The summed E-state index contributed by atoms with van der Waals surface area (Å²) in [5, 5.41) is 0. The molecule has 0 aliphatic rings. The second kappa shape index (κ2) is 5.67. The first-order valence-electron chi connectivity index (χ1n) is 4.36. The minimum absolute atomic E-state index is 0.174. The maximum atomic E-state index is 12.7. The van der Waals surface area contributed by atoms with Crippen LogP contribution in [0.1, 0.15) is 12.0 Å². The Morgan fingerprint density at radius 3 is 3.00 bits per heavy atom. The van der Waals surface area contributed by atoms with Gasteiger partial charge in [0, 0.05) is 7.05 Å². The molecule has 0 heterocycles. The van der Waals surface area contributed by atoms with Crippen molar-refractivity contribution in [2.24, 2.45) is 0 Å². The van der Waals surface area contributed by atoms with Crippen LogP contribution in [-0.2, 0) is 11.3 Å². The summed E-state index contributed by atoms with van der Waals surface area (Å²) >= 11 is 0. The third-order valence-electron chi connectivity index (χ3n) is 1.75. The Balaban J connectivity index is 2.28. The lowest BCUT2D eigenvalue weighted by atomic mass is 10.1. The number of hydroxylamine groups is 1. The number of aryl methyl sites for hydroxylation is 1. The fourth-order valence-corrected chi connectivity index (χ4v) is 1.14. The van der Waals surface area contributed by atoms with Gasteiger partial charge in [-0.2, -0.15) is 0 Å². The summed E-state index contributed by atoms with van der Waals surface area (Å²) < 4.78 is 12.7. The van der Waals surface area contributed by atoms with E-state index in [2.05, 4.69) is 5.48 Å². The van der Waals surface area contributed by atoms with Gasteiger partial charge in [0.05, 0.1) is 6.61 Å². The van der Waals surface area contributed by atoms with E-state index in [-0.39, 0.29) is 5.82 Å². The zero-order chi connectivity index (χ0) is 9.52. The van der Waals surface area contributed by atoms with Crippen molar-refractivity contribution in [3.63, 3.8) is 0 Å². The van der Waals surface area contributed by atoms with Crippen molar-refractivity contribution in [3.05, 3.63) is 35.6 Å². The highest BCUT2D eigenvalue weighted by atomic mass is 19.1. The fourth-order valence-electron chi connectivity index (χ4n) is 1.14. The molecule has 72 valence electrons. The van der Waals surface area contributed by atoms with Crippen molar-refractivity contribution in [2.45, 2.75) is 12.8 Å². The minimum atomic E-state index is -0.174. The molecule has 13 heavy (non-hydrogen) atoms. The molecule has 1 aromatic carbocycles. The molecule has 0 saturated heterocycles. The lowest BCUT2D eigenvalue weighted by molar-refractivity contribution is 0.0564. The fraction of sp³-hybridized carbons (Fsp3) is 0.400. The molecule has 0 aliphatic carbocycles. The molecular formula is C10H14FNO. The molecule has 0 fully saturated rings. The molecule has 0 atom stereocenters. The predicted octanol–water partition coefficient (Wildman–Crippen LogP) is 1.91. The van der Waals surface area contributed by atoms with Gasteiger partial charge >= 0.3 is 0 Å². The molecule has 0 amide bonds. The molecular weight excluding hydrogens is 169 g/mol. The van der Waals surface area contributed by atoms with Gasteiger partial charge in [-0.1, -0.05) is 12.1 Å². The molecule has 3 heteroatoms. The molecule has 2 nitrogen and oxygen atoms in total. The molecule has 0 aromatic heterocycles. The Morgan fingerprint density at radius 2 is 2.31 bits per heavy atom. The minimum Gasteiger partial charge on any atom is -0.302 e. The van der Waals surface area contributed by atoms with Crippen LogP contribution in [0.2, 0.25) is 0 Å². The summed E-state index contributed by atoms with van der Waals surface area (Å²) in [6.07, 6.45) is 1.74. The summed E-state index contributed by atoms with van der Waals surface area (Å²) in [5.74, 6) is -0.174. The Hall–Kier alpha value is -0.930. The van der Waals surface area contributed by atoms with Crippen molar-refractivity contribution in [2.75, 3.05) is 13.7 Å². The number of benzene rings is 1. The van der Waals surface area contributed by atoms with Crippen molar-refractivity contribution in [3.8, 4) is 0 Å². The summed E-state index contributed by atoms with van der Waals surface area (Å²) in [6.45, 7) is 0.646. The van der Waals surface area contributed by atoms with E-state index in [0.29, 0.717) is 6.61 Å². The number of nitrogens with one attached hydrogen (secondary N) is 1. The molecule has 0 aliphatic heterocycles. The number of halogens is 1. The molecule has 0 saturated carbocycles. The Kier molecular flexibility index (Phi) is 4.43. The van der Waals surface area contributed by atoms with Crippen LogP contribution in [-0.4, -0.2) is 13.7 Å². The summed E-state index contributed by atoms with van der Waals surface area (Å²) in [7, 11) is 1.72. The van der Waals surface area contributed by atoms with Crippen LogP contribution in [0.15, 0.2) is 24.3 Å². The Bertz CT molecular complexity index is 252. The largest absolute Gasteiger partial charge is 0.302 e. The van der Waals surface area contributed by atoms with Crippen LogP contribution in [0, 0.1) is 5.82 Å². The monoisotopic (exact) mass is 183 g/mol. The van der Waals surface area contributed by atoms with E-state index in [1.54, 1.807) is 19.2 Å². The van der Waals surface area contributed by atoms with Crippen molar-refractivity contribution in [1.82, 2.24) is 5.48 Å². The van der Waals surface area contributed by atoms with E-state index in [1.807, 2.05) is 6.07 Å². The zero-order valence-electron chi connectivity index (χ0n) is 7.72. The van der Waals surface area contributed by atoms with Crippen LogP contribution >= 0.6 is 0 Å². The van der Waals surface area contributed by atoms with Crippen LogP contribution in [0.4, 0.5) is 4.39 Å². The SMILES string of the molecule is CNOCCCc1cccc(F)c1. The zero-order valence-corrected chi connectivity index (χ0v) is 7.72. The van der Waals surface area contributed by atoms with E-state index < -0.39 is 0 Å². The van der Waals surface area contributed by atoms with Gasteiger partial charge in [0.2, 0.25) is 0 Å². The van der Waals surface area contributed by atoms with Gasteiger partial charge < -0.3 is 4.84 Å². The predicted molar refractivity (Wildman–Crippen MR) is 49.7 cm³/mol. The molecule has 0 radical (unpaired) electrons. The van der Waals surface area contributed by atoms with Crippen LogP contribution in [0.25, 0.3) is 0 Å². The molecule has 0 spiro atoms. The number of hydrogen-bond acceptors (Lipinski definition) is 2. The van der Waals surface area contributed by atoms with Crippen LogP contribution in [0.5, 0.6) is 0 Å². The second-order valence-electron chi connectivity index (χ2n) is 2.79. The maximum absolute atomic E-state index is 12.7. The highest BCUT2D eigenvalue weighted by Gasteiger charge is 1.94. The van der Waals surface area contributed by atoms with E-state index in [1.165, 1.54) is 6.07 Å². The first-order valence-corrected chi connectivity index (χ1v) is 4.36. The highest BCUT2D eigenvalue weighted by molar-refractivity contribution is 5.16. The average Bonchev–Trinajstić information content (AvgIpc) is 2.13. The van der Waals surface area contributed by atoms with E-state index in [0.717, 1.165) is 18.4 Å². The van der Waals surface area contributed by atoms with Crippen molar-refractivity contribution in [1.29, 1.82) is 0 Å². The van der Waals surface area contributed by atoms with Crippen molar-refractivity contribution >= 4 is 0 Å². The molecule has 1 rings (SSSR count). The second-order valence-corrected chi connectivity index (χ2v) is 2.79.